The molecule has 0 aliphatic rings. The summed E-state index contributed by atoms with van der Waals surface area (Å²) in [6.07, 6.45) is 0. The minimum absolute atomic E-state index is 0.274. The molecule has 1 aromatic rings. The predicted octanol–water partition coefficient (Wildman–Crippen LogP) is 3.09. The van der Waals surface area contributed by atoms with Crippen molar-refractivity contribution in [1.29, 1.82) is 0 Å². The third-order valence-electron chi connectivity index (χ3n) is 2.49. The van der Waals surface area contributed by atoms with Gasteiger partial charge in [0.25, 0.3) is 0 Å². The van der Waals surface area contributed by atoms with Gasteiger partial charge in [0.1, 0.15) is 0 Å². The molecule has 16 heavy (non-hydrogen) atoms. The number of hydrogen-bond acceptors (Lipinski definition) is 1. The van der Waals surface area contributed by atoms with Gasteiger partial charge < -0.3 is 4.43 Å². The molecule has 1 aromatic carbocycles. The van der Waals surface area contributed by atoms with Gasteiger partial charge in [0.05, 0.1) is 0 Å². The molecule has 1 atom stereocenters. The Bertz CT molecular complexity index is 300. The van der Waals surface area contributed by atoms with E-state index >= 15 is 0 Å². The third-order valence-corrected chi connectivity index (χ3v) is 5.57. The maximum absolute atomic E-state index is 6.19. The van der Waals surface area contributed by atoms with E-state index in [0.717, 1.165) is 6.61 Å². The molecule has 90 valence electrons. The molecule has 1 nitrogen and oxygen atoms in total. The molecule has 1 unspecified atom stereocenters. The van der Waals surface area contributed by atoms with Gasteiger partial charge in [-0.15, -0.1) is 0 Å². The Labute approximate surface area is 102 Å². The van der Waals surface area contributed by atoms with Crippen molar-refractivity contribution in [3.05, 3.63) is 30.3 Å². The first-order chi connectivity index (χ1) is 7.41. The lowest BCUT2D eigenvalue weighted by Gasteiger charge is -2.30. The van der Waals surface area contributed by atoms with Gasteiger partial charge in [0.15, 0.2) is 0 Å². The Morgan fingerprint density at radius 2 is 1.69 bits per heavy atom. The van der Waals surface area contributed by atoms with Gasteiger partial charge >= 0.3 is 0 Å². The molecule has 0 heterocycles. The van der Waals surface area contributed by atoms with Gasteiger partial charge in [-0.05, 0) is 16.1 Å². The van der Waals surface area contributed by atoms with Crippen LogP contribution in [0, 0.1) is 5.92 Å². The predicted molar refractivity (Wildman–Crippen MR) is 73.7 cm³/mol. The van der Waals surface area contributed by atoms with E-state index in [1.165, 1.54) is 5.19 Å². The van der Waals surface area contributed by atoms with E-state index in [4.69, 9.17) is 4.43 Å². The van der Waals surface area contributed by atoms with Gasteiger partial charge in [-0.1, -0.05) is 65.0 Å². The van der Waals surface area contributed by atoms with Crippen LogP contribution in [0.1, 0.15) is 34.6 Å². The summed E-state index contributed by atoms with van der Waals surface area (Å²) in [5.74, 6) is 0.612. The lowest BCUT2D eigenvalue weighted by molar-refractivity contribution is 0.265. The molecule has 0 saturated carbocycles. The molecule has 0 bridgehead atoms. The summed E-state index contributed by atoms with van der Waals surface area (Å²) in [6, 6.07) is 10.7. The smallest absolute Gasteiger partial charge is 0.213 e. The molecule has 0 amide bonds. The van der Waals surface area contributed by atoms with Crippen LogP contribution in [0.3, 0.4) is 0 Å². The Hall–Kier alpha value is -0.603. The second-order valence-electron chi connectivity index (χ2n) is 5.88. The summed E-state index contributed by atoms with van der Waals surface area (Å²) in [5, 5.41) is 1.69. The van der Waals surface area contributed by atoms with Gasteiger partial charge in [0.2, 0.25) is 9.04 Å². The van der Waals surface area contributed by atoms with E-state index < -0.39 is 9.04 Å². The first-order valence-corrected chi connectivity index (χ1v) is 7.70. The first kappa shape index (κ1) is 13.5. The van der Waals surface area contributed by atoms with E-state index in [-0.39, 0.29) is 5.04 Å². The Morgan fingerprint density at radius 1 is 1.12 bits per heavy atom. The highest BCUT2D eigenvalue weighted by molar-refractivity contribution is 6.70. The van der Waals surface area contributed by atoms with Gasteiger partial charge in [-0.25, -0.2) is 0 Å². The van der Waals surface area contributed by atoms with Crippen molar-refractivity contribution in [1.82, 2.24) is 0 Å². The third kappa shape index (κ3) is 4.10. The highest BCUT2D eigenvalue weighted by Gasteiger charge is 2.29. The number of rotatable bonds is 4. The fourth-order valence-electron chi connectivity index (χ4n) is 1.76. The molecule has 0 saturated heterocycles. The fraction of sp³-hybridized carbons (Fsp3) is 0.571. The summed E-state index contributed by atoms with van der Waals surface area (Å²) in [4.78, 5) is 0. The minimum atomic E-state index is -1.34. The van der Waals surface area contributed by atoms with E-state index in [0.29, 0.717) is 5.92 Å². The summed E-state index contributed by atoms with van der Waals surface area (Å²) in [5.41, 5.74) is 0. The topological polar surface area (TPSA) is 9.23 Å². The molecule has 0 N–H and O–H groups in total. The summed E-state index contributed by atoms with van der Waals surface area (Å²) >= 11 is 0. The average Bonchev–Trinajstić information content (AvgIpc) is 2.17. The van der Waals surface area contributed by atoms with Crippen molar-refractivity contribution >= 4 is 14.2 Å². The van der Waals surface area contributed by atoms with Gasteiger partial charge in [0, 0.05) is 6.61 Å². The van der Waals surface area contributed by atoms with Crippen LogP contribution in [-0.2, 0) is 4.43 Å². The van der Waals surface area contributed by atoms with Crippen molar-refractivity contribution in [2.45, 2.75) is 39.7 Å². The number of benzene rings is 1. The minimum Gasteiger partial charge on any atom is -0.415 e. The van der Waals surface area contributed by atoms with Crippen molar-refractivity contribution < 1.29 is 4.43 Å². The van der Waals surface area contributed by atoms with Crippen LogP contribution in [-0.4, -0.2) is 15.6 Å². The van der Waals surface area contributed by atoms with Crippen LogP contribution >= 0.6 is 0 Å². The summed E-state index contributed by atoms with van der Waals surface area (Å²) in [7, 11) is -1.34. The molecule has 2 heteroatoms. The standard InChI is InChI=1S/C14H24OSi/c1-12(2)11-15-16(14(3,4)5)13-9-7-6-8-10-13/h6-10,12,16H,11H2,1-5H3. The maximum atomic E-state index is 6.19. The molecule has 1 rings (SSSR count). The van der Waals surface area contributed by atoms with Crippen LogP contribution in [0.15, 0.2) is 30.3 Å². The van der Waals surface area contributed by atoms with Crippen molar-refractivity contribution in [2.75, 3.05) is 6.61 Å². The van der Waals surface area contributed by atoms with Crippen LogP contribution in [0.4, 0.5) is 0 Å². The quantitative estimate of drug-likeness (QED) is 0.730. The number of hydrogen-bond donors (Lipinski definition) is 0. The highest BCUT2D eigenvalue weighted by Crippen LogP contribution is 2.27. The summed E-state index contributed by atoms with van der Waals surface area (Å²) in [6.45, 7) is 12.2. The normalized spacial score (nSPS) is 14.1. The zero-order chi connectivity index (χ0) is 12.2. The molecule has 0 aromatic heterocycles. The maximum Gasteiger partial charge on any atom is 0.213 e. The van der Waals surface area contributed by atoms with Crippen molar-refractivity contribution in [3.63, 3.8) is 0 Å². The van der Waals surface area contributed by atoms with E-state index in [2.05, 4.69) is 65.0 Å². The van der Waals surface area contributed by atoms with Gasteiger partial charge in [-0.2, -0.15) is 0 Å². The Balaban J connectivity index is 2.81. The Kier molecular flexibility index (Phi) is 4.75. The second kappa shape index (κ2) is 5.64. The average molecular weight is 236 g/mol. The van der Waals surface area contributed by atoms with Crippen LogP contribution in [0.5, 0.6) is 0 Å². The molecule has 0 fully saturated rings. The zero-order valence-corrected chi connectivity index (χ0v) is 12.3. The van der Waals surface area contributed by atoms with Crippen molar-refractivity contribution in [3.8, 4) is 0 Å². The first-order valence-electron chi connectivity index (χ1n) is 6.08. The molecule has 0 radical (unpaired) electrons. The monoisotopic (exact) mass is 236 g/mol. The highest BCUT2D eigenvalue weighted by atomic mass is 28.3. The molecular formula is C14H24OSi. The molecule has 0 aliphatic heterocycles. The van der Waals surface area contributed by atoms with Crippen LogP contribution in [0.25, 0.3) is 0 Å². The van der Waals surface area contributed by atoms with E-state index in [9.17, 15) is 0 Å². The molecule has 0 aliphatic carbocycles. The van der Waals surface area contributed by atoms with Crippen LogP contribution in [0.2, 0.25) is 5.04 Å². The summed E-state index contributed by atoms with van der Waals surface area (Å²) < 4.78 is 6.19. The van der Waals surface area contributed by atoms with Crippen LogP contribution < -0.4 is 5.19 Å². The molecular weight excluding hydrogens is 212 g/mol. The zero-order valence-electron chi connectivity index (χ0n) is 11.2. The Morgan fingerprint density at radius 3 is 2.12 bits per heavy atom. The molecule has 0 spiro atoms. The van der Waals surface area contributed by atoms with Crippen molar-refractivity contribution in [2.24, 2.45) is 5.92 Å². The van der Waals surface area contributed by atoms with E-state index in [1.54, 1.807) is 0 Å². The van der Waals surface area contributed by atoms with Gasteiger partial charge in [-0.3, -0.25) is 0 Å². The lowest BCUT2D eigenvalue weighted by Crippen LogP contribution is -2.42. The second-order valence-corrected chi connectivity index (χ2v) is 9.38. The fourth-order valence-corrected chi connectivity index (χ4v) is 4.60. The van der Waals surface area contributed by atoms with E-state index in [1.807, 2.05) is 0 Å². The SMILES string of the molecule is CC(C)CO[SiH](c1ccccc1)C(C)(C)C. The largest absolute Gasteiger partial charge is 0.415 e. The lowest BCUT2D eigenvalue weighted by atomic mass is 10.2.